The maximum atomic E-state index is 12.3. The molecule has 5 rings (SSSR count). The van der Waals surface area contributed by atoms with Crippen LogP contribution in [0.15, 0.2) is 36.7 Å². The van der Waals surface area contributed by atoms with Crippen molar-refractivity contribution in [2.24, 2.45) is 0 Å². The third kappa shape index (κ3) is 3.47. The normalized spacial score (nSPS) is 25.9. The molecule has 2 atom stereocenters. The Morgan fingerprint density at radius 1 is 1.23 bits per heavy atom. The molecule has 3 aliphatic heterocycles. The smallest absolute Gasteiger partial charge is 0.220 e. The van der Waals surface area contributed by atoms with Crippen molar-refractivity contribution in [2.45, 2.75) is 37.3 Å². The molecule has 2 aromatic rings. The summed E-state index contributed by atoms with van der Waals surface area (Å²) in [6, 6.07) is 8.08. The van der Waals surface area contributed by atoms with Gasteiger partial charge in [0.2, 0.25) is 5.91 Å². The Morgan fingerprint density at radius 2 is 2.00 bits per heavy atom. The van der Waals surface area contributed by atoms with Gasteiger partial charge in [-0.3, -0.25) is 14.7 Å². The highest BCUT2D eigenvalue weighted by Gasteiger charge is 2.49. The minimum Gasteiger partial charge on any atom is -0.496 e. The first-order valence-electron chi connectivity index (χ1n) is 10.6. The highest BCUT2D eigenvalue weighted by atomic mass is 16.6. The zero-order chi connectivity index (χ0) is 20.6. The van der Waals surface area contributed by atoms with Crippen molar-refractivity contribution in [3.8, 4) is 17.2 Å². The summed E-state index contributed by atoms with van der Waals surface area (Å²) in [4.78, 5) is 18.9. The van der Waals surface area contributed by atoms with Gasteiger partial charge in [-0.1, -0.05) is 0 Å². The molecule has 158 valence electrons. The van der Waals surface area contributed by atoms with E-state index in [2.05, 4.69) is 27.3 Å². The van der Waals surface area contributed by atoms with Crippen molar-refractivity contribution in [1.29, 1.82) is 0 Å². The number of carbonyl (C=O) groups excluding carboxylic acids is 1. The molecule has 7 heteroatoms. The predicted octanol–water partition coefficient (Wildman–Crippen LogP) is 2.50. The lowest BCUT2D eigenvalue weighted by molar-refractivity contribution is -0.125. The lowest BCUT2D eigenvalue weighted by Crippen LogP contribution is -2.56. The molecule has 0 bridgehead atoms. The Labute approximate surface area is 176 Å². The van der Waals surface area contributed by atoms with E-state index in [-0.39, 0.29) is 17.4 Å². The van der Waals surface area contributed by atoms with E-state index in [9.17, 15) is 4.79 Å². The highest BCUT2D eigenvalue weighted by molar-refractivity contribution is 5.78. The number of pyridine rings is 1. The number of amides is 1. The van der Waals surface area contributed by atoms with Gasteiger partial charge < -0.3 is 19.5 Å². The number of rotatable bonds is 4. The molecular weight excluding hydrogens is 382 g/mol. The molecule has 2 saturated heterocycles. The third-order valence-electron chi connectivity index (χ3n) is 6.48. The van der Waals surface area contributed by atoms with E-state index in [1.54, 1.807) is 7.11 Å². The van der Waals surface area contributed by atoms with Gasteiger partial charge in [0.1, 0.15) is 19.0 Å². The molecule has 1 aromatic heterocycles. The van der Waals surface area contributed by atoms with Crippen LogP contribution in [0.5, 0.6) is 17.2 Å². The highest BCUT2D eigenvalue weighted by Crippen LogP contribution is 2.43. The van der Waals surface area contributed by atoms with Crippen LogP contribution in [-0.4, -0.2) is 54.7 Å². The Balaban J connectivity index is 1.44. The summed E-state index contributed by atoms with van der Waals surface area (Å²) in [7, 11) is 1.68. The average molecular weight is 409 g/mol. The maximum Gasteiger partial charge on any atom is 0.220 e. The summed E-state index contributed by atoms with van der Waals surface area (Å²) in [6.07, 6.45) is 6.19. The van der Waals surface area contributed by atoms with Crippen molar-refractivity contribution in [1.82, 2.24) is 15.2 Å². The second-order valence-corrected chi connectivity index (χ2v) is 8.37. The number of fused-ring (bicyclic) bond motifs is 1. The Bertz CT molecular complexity index is 936. The molecule has 1 aromatic carbocycles. The number of hydrogen-bond acceptors (Lipinski definition) is 6. The quantitative estimate of drug-likeness (QED) is 0.837. The number of aromatic nitrogens is 1. The SMILES string of the molecule is COc1cc2c(cc1CN1C[C@@H](c3ccncc3)[C@@]3(CCCC(=O)N3)C1)OCCO2. The fraction of sp³-hybridized carbons (Fsp3) is 0.478. The number of nitrogens with zero attached hydrogens (tertiary/aromatic N) is 2. The van der Waals surface area contributed by atoms with Crippen LogP contribution in [0.4, 0.5) is 0 Å². The summed E-state index contributed by atoms with van der Waals surface area (Å²) in [6.45, 7) is 3.50. The second kappa shape index (κ2) is 7.80. The first-order chi connectivity index (χ1) is 14.7. The fourth-order valence-electron chi connectivity index (χ4n) is 5.16. The van der Waals surface area contributed by atoms with Crippen LogP contribution in [-0.2, 0) is 11.3 Å². The number of benzene rings is 1. The molecule has 0 saturated carbocycles. The zero-order valence-electron chi connectivity index (χ0n) is 17.2. The Hall–Kier alpha value is -2.80. The van der Waals surface area contributed by atoms with Gasteiger partial charge >= 0.3 is 0 Å². The van der Waals surface area contributed by atoms with Gasteiger partial charge in [0, 0.05) is 56.0 Å². The van der Waals surface area contributed by atoms with Crippen LogP contribution in [0, 0.1) is 0 Å². The Morgan fingerprint density at radius 3 is 2.73 bits per heavy atom. The topological polar surface area (TPSA) is 72.9 Å². The number of piperidine rings is 1. The van der Waals surface area contributed by atoms with Gasteiger partial charge in [-0.25, -0.2) is 0 Å². The molecule has 30 heavy (non-hydrogen) atoms. The third-order valence-corrected chi connectivity index (χ3v) is 6.48. The molecule has 1 N–H and O–H groups in total. The molecule has 3 aliphatic rings. The van der Waals surface area contributed by atoms with Gasteiger partial charge in [-0.15, -0.1) is 0 Å². The minimum absolute atomic E-state index is 0.152. The molecule has 0 radical (unpaired) electrons. The second-order valence-electron chi connectivity index (χ2n) is 8.37. The number of hydrogen-bond donors (Lipinski definition) is 1. The van der Waals surface area contributed by atoms with E-state index in [0.717, 1.165) is 55.3 Å². The number of carbonyl (C=O) groups is 1. The van der Waals surface area contributed by atoms with E-state index in [4.69, 9.17) is 14.2 Å². The van der Waals surface area contributed by atoms with Crippen LogP contribution < -0.4 is 19.5 Å². The number of likely N-dealkylation sites (tertiary alicyclic amines) is 1. The van der Waals surface area contributed by atoms with E-state index >= 15 is 0 Å². The molecular formula is C23H27N3O4. The molecule has 2 fully saturated rings. The molecule has 1 spiro atoms. The van der Waals surface area contributed by atoms with E-state index < -0.39 is 0 Å². The van der Waals surface area contributed by atoms with Gasteiger partial charge in [0.05, 0.1) is 12.6 Å². The first-order valence-corrected chi connectivity index (χ1v) is 10.6. The van der Waals surface area contributed by atoms with Crippen LogP contribution in [0.3, 0.4) is 0 Å². The lowest BCUT2D eigenvalue weighted by Gasteiger charge is -2.39. The largest absolute Gasteiger partial charge is 0.496 e. The molecule has 1 amide bonds. The summed E-state index contributed by atoms with van der Waals surface area (Å²) >= 11 is 0. The van der Waals surface area contributed by atoms with Gasteiger partial charge in [-0.2, -0.15) is 0 Å². The Kier molecular flexibility index (Phi) is 4.98. The van der Waals surface area contributed by atoms with E-state index in [1.165, 1.54) is 5.56 Å². The monoisotopic (exact) mass is 409 g/mol. The zero-order valence-corrected chi connectivity index (χ0v) is 17.2. The van der Waals surface area contributed by atoms with Gasteiger partial charge in [0.25, 0.3) is 0 Å². The van der Waals surface area contributed by atoms with Gasteiger partial charge in [0.15, 0.2) is 11.5 Å². The summed E-state index contributed by atoms with van der Waals surface area (Å²) in [5.74, 6) is 2.68. The first kappa shape index (κ1) is 19.2. The molecule has 0 unspecified atom stereocenters. The maximum absolute atomic E-state index is 12.3. The molecule has 4 heterocycles. The van der Waals surface area contributed by atoms with Crippen LogP contribution in [0.1, 0.15) is 36.3 Å². The number of ether oxygens (including phenoxy) is 3. The number of methoxy groups -OCH3 is 1. The van der Waals surface area contributed by atoms with Crippen LogP contribution >= 0.6 is 0 Å². The van der Waals surface area contributed by atoms with E-state index in [1.807, 2.05) is 24.5 Å². The number of nitrogens with one attached hydrogen (secondary N) is 1. The minimum atomic E-state index is -0.238. The summed E-state index contributed by atoms with van der Waals surface area (Å²) in [5.41, 5.74) is 2.05. The van der Waals surface area contributed by atoms with Crippen molar-refractivity contribution in [3.05, 3.63) is 47.8 Å². The summed E-state index contributed by atoms with van der Waals surface area (Å²) in [5, 5.41) is 3.36. The van der Waals surface area contributed by atoms with Gasteiger partial charge in [-0.05, 0) is 36.6 Å². The predicted molar refractivity (Wildman–Crippen MR) is 111 cm³/mol. The lowest BCUT2D eigenvalue weighted by atomic mass is 9.77. The standard InChI is InChI=1S/C23H27N3O4/c1-28-19-12-21-20(29-9-10-30-21)11-17(19)13-26-14-18(16-4-7-24-8-5-16)23(15-26)6-2-3-22(27)25-23/h4-5,7-8,11-12,18H,2-3,6,9-10,13-15H2,1H3,(H,25,27)/t18-,23+/m0/s1. The van der Waals surface area contributed by atoms with E-state index in [0.29, 0.717) is 19.6 Å². The van der Waals surface area contributed by atoms with Crippen molar-refractivity contribution in [2.75, 3.05) is 33.4 Å². The van der Waals surface area contributed by atoms with Crippen LogP contribution in [0.25, 0.3) is 0 Å². The van der Waals surface area contributed by atoms with Crippen molar-refractivity contribution < 1.29 is 19.0 Å². The fourth-order valence-corrected chi connectivity index (χ4v) is 5.16. The van der Waals surface area contributed by atoms with Crippen LogP contribution in [0.2, 0.25) is 0 Å². The molecule has 0 aliphatic carbocycles. The van der Waals surface area contributed by atoms with Crippen molar-refractivity contribution in [3.63, 3.8) is 0 Å². The average Bonchev–Trinajstić information content (AvgIpc) is 3.10. The summed E-state index contributed by atoms with van der Waals surface area (Å²) < 4.78 is 17.1. The van der Waals surface area contributed by atoms with Crippen molar-refractivity contribution >= 4 is 5.91 Å². The molecule has 7 nitrogen and oxygen atoms in total.